The molecule has 13 heteroatoms. The molecule has 1 N–H and O–H groups in total. The Morgan fingerprint density at radius 1 is 1.27 bits per heavy atom. The molecule has 0 aromatic heterocycles. The number of ether oxygens (including phenoxy) is 3. The molecule has 0 unspecified atom stereocenters. The molecule has 1 aromatic carbocycles. The molecule has 26 heavy (non-hydrogen) atoms. The molecule has 9 nitrogen and oxygen atoms in total. The minimum absolute atomic E-state index is 0.0654. The number of hydrogen-bond donors (Lipinski definition) is 1. The normalized spacial score (nSPS) is 11.5. The number of esters is 2. The van der Waals surface area contributed by atoms with Gasteiger partial charge < -0.3 is 19.5 Å². The number of carbonyl (C=O) groups is 2. The fraction of sp³-hybridized carbons (Fsp3) is 0.231. The molecule has 0 aliphatic heterocycles. The fourth-order valence-corrected chi connectivity index (χ4v) is 2.19. The van der Waals surface area contributed by atoms with Crippen molar-refractivity contribution in [1.29, 1.82) is 0 Å². The van der Waals surface area contributed by atoms with E-state index in [-0.39, 0.29) is 3.57 Å². The van der Waals surface area contributed by atoms with Crippen LogP contribution in [0.5, 0.6) is 5.75 Å². The van der Waals surface area contributed by atoms with Gasteiger partial charge in [0, 0.05) is 9.64 Å². The second-order valence-corrected chi connectivity index (χ2v) is 5.55. The van der Waals surface area contributed by atoms with E-state index >= 15 is 0 Å². The highest BCUT2D eigenvalue weighted by Gasteiger charge is 2.35. The largest absolute Gasteiger partial charge is 0.573 e. The first-order valence-electron chi connectivity index (χ1n) is 6.37. The van der Waals surface area contributed by atoms with Crippen LogP contribution in [0.4, 0.5) is 24.5 Å². The Balaban J connectivity index is 3.55. The molecule has 0 radical (unpaired) electrons. The average Bonchev–Trinajstić information content (AvgIpc) is 2.53. The second kappa shape index (κ2) is 8.68. The number of nitro groups is 1. The van der Waals surface area contributed by atoms with Gasteiger partial charge in [-0.3, -0.25) is 10.1 Å². The van der Waals surface area contributed by atoms with Crippen molar-refractivity contribution in [1.82, 2.24) is 0 Å². The molecule has 0 aliphatic carbocycles. The highest BCUT2D eigenvalue weighted by molar-refractivity contribution is 14.1. The van der Waals surface area contributed by atoms with Crippen molar-refractivity contribution in [2.75, 3.05) is 19.5 Å². The molecule has 0 aliphatic rings. The number of anilines is 1. The predicted molar refractivity (Wildman–Crippen MR) is 88.2 cm³/mol. The molecule has 0 saturated carbocycles. The van der Waals surface area contributed by atoms with E-state index in [0.29, 0.717) is 6.08 Å². The second-order valence-electron chi connectivity index (χ2n) is 4.30. The van der Waals surface area contributed by atoms with E-state index in [4.69, 9.17) is 0 Å². The highest BCUT2D eigenvalue weighted by Crippen LogP contribution is 2.40. The standard InChI is InChI=1S/C13H10F3IN2O7/c1-24-10(20)5-7(12(21)25-2)18-11-8(19(22)23)3-6(17)4-9(11)26-13(14,15)16/h3-5,18H,1-2H3/b7-5+. The van der Waals surface area contributed by atoms with Gasteiger partial charge in [-0.25, -0.2) is 9.59 Å². The first kappa shape index (κ1) is 21.5. The van der Waals surface area contributed by atoms with Crippen molar-refractivity contribution in [2.45, 2.75) is 6.36 Å². The van der Waals surface area contributed by atoms with Crippen LogP contribution in [0.15, 0.2) is 23.9 Å². The van der Waals surface area contributed by atoms with Crippen LogP contribution in [0.2, 0.25) is 0 Å². The summed E-state index contributed by atoms with van der Waals surface area (Å²) < 4.78 is 50.4. The van der Waals surface area contributed by atoms with Crippen LogP contribution in [0.3, 0.4) is 0 Å². The fourth-order valence-electron chi connectivity index (χ4n) is 1.61. The molecule has 0 bridgehead atoms. The van der Waals surface area contributed by atoms with Gasteiger partial charge in [0.15, 0.2) is 11.4 Å². The first-order chi connectivity index (χ1) is 12.0. The Hall–Kier alpha value is -2.58. The molecule has 0 spiro atoms. The zero-order valence-electron chi connectivity index (χ0n) is 13.0. The molecule has 1 rings (SSSR count). The summed E-state index contributed by atoms with van der Waals surface area (Å²) >= 11 is 1.55. The summed E-state index contributed by atoms with van der Waals surface area (Å²) in [4.78, 5) is 33.2. The quantitative estimate of drug-likeness (QED) is 0.213. The van der Waals surface area contributed by atoms with Gasteiger partial charge in [-0.05, 0) is 28.7 Å². The van der Waals surface area contributed by atoms with Crippen molar-refractivity contribution in [3.05, 3.63) is 37.6 Å². The summed E-state index contributed by atoms with van der Waals surface area (Å²) in [5.74, 6) is -3.21. The summed E-state index contributed by atoms with van der Waals surface area (Å²) in [5.41, 5.74) is -2.32. The van der Waals surface area contributed by atoms with Crippen LogP contribution in [0.1, 0.15) is 0 Å². The molecule has 0 amide bonds. The lowest BCUT2D eigenvalue weighted by Crippen LogP contribution is -2.20. The van der Waals surface area contributed by atoms with Crippen molar-refractivity contribution < 1.29 is 41.9 Å². The van der Waals surface area contributed by atoms with E-state index in [2.05, 4.69) is 19.5 Å². The number of nitrogens with one attached hydrogen (secondary N) is 1. The first-order valence-corrected chi connectivity index (χ1v) is 7.45. The van der Waals surface area contributed by atoms with Gasteiger partial charge >= 0.3 is 18.3 Å². The van der Waals surface area contributed by atoms with Gasteiger partial charge in [-0.1, -0.05) is 0 Å². The summed E-state index contributed by atoms with van der Waals surface area (Å²) in [6.45, 7) is 0. The molecule has 1 aromatic rings. The zero-order chi connectivity index (χ0) is 20.1. The Bertz CT molecular complexity index is 765. The molecule has 0 heterocycles. The summed E-state index contributed by atoms with van der Waals surface area (Å²) in [6, 6.07) is 1.80. The number of nitrogens with zero attached hydrogens (tertiary/aromatic N) is 1. The summed E-state index contributed by atoms with van der Waals surface area (Å²) in [5, 5.41) is 13.3. The molecular weight excluding hydrogens is 480 g/mol. The Morgan fingerprint density at radius 3 is 2.35 bits per heavy atom. The van der Waals surface area contributed by atoms with Crippen LogP contribution in [-0.4, -0.2) is 37.4 Å². The van der Waals surface area contributed by atoms with Gasteiger partial charge in [0.25, 0.3) is 5.69 Å². The van der Waals surface area contributed by atoms with Gasteiger partial charge in [-0.2, -0.15) is 0 Å². The number of alkyl halides is 3. The maximum absolute atomic E-state index is 12.6. The Kier molecular flexibility index (Phi) is 7.17. The van der Waals surface area contributed by atoms with Crippen molar-refractivity contribution in [3.63, 3.8) is 0 Å². The van der Waals surface area contributed by atoms with E-state index in [9.17, 15) is 32.9 Å². The van der Waals surface area contributed by atoms with Gasteiger partial charge in [0.05, 0.1) is 25.2 Å². The lowest BCUT2D eigenvalue weighted by molar-refractivity contribution is -0.384. The van der Waals surface area contributed by atoms with E-state index in [1.807, 2.05) is 0 Å². The van der Waals surface area contributed by atoms with Crippen LogP contribution in [0.25, 0.3) is 0 Å². The van der Waals surface area contributed by atoms with Crippen molar-refractivity contribution in [2.24, 2.45) is 0 Å². The maximum atomic E-state index is 12.6. The molecule has 0 atom stereocenters. The number of rotatable bonds is 6. The number of carbonyl (C=O) groups excluding carboxylic acids is 2. The van der Waals surface area contributed by atoms with E-state index in [1.54, 1.807) is 22.6 Å². The van der Waals surface area contributed by atoms with Gasteiger partial charge in [-0.15, -0.1) is 13.2 Å². The van der Waals surface area contributed by atoms with Crippen LogP contribution >= 0.6 is 22.6 Å². The monoisotopic (exact) mass is 490 g/mol. The number of benzene rings is 1. The molecule has 0 saturated heterocycles. The molecule has 142 valence electrons. The van der Waals surface area contributed by atoms with Gasteiger partial charge in [0.1, 0.15) is 5.70 Å². The van der Waals surface area contributed by atoms with Crippen molar-refractivity contribution >= 4 is 45.9 Å². The van der Waals surface area contributed by atoms with Crippen LogP contribution in [-0.2, 0) is 19.1 Å². The third-order valence-electron chi connectivity index (χ3n) is 2.60. The Labute approximate surface area is 157 Å². The van der Waals surface area contributed by atoms with Crippen molar-refractivity contribution in [3.8, 4) is 5.75 Å². The Morgan fingerprint density at radius 2 is 1.88 bits per heavy atom. The average molecular weight is 490 g/mol. The topological polar surface area (TPSA) is 117 Å². The highest BCUT2D eigenvalue weighted by atomic mass is 127. The van der Waals surface area contributed by atoms with E-state index in [0.717, 1.165) is 26.4 Å². The zero-order valence-corrected chi connectivity index (χ0v) is 15.2. The third-order valence-corrected chi connectivity index (χ3v) is 3.22. The number of halogens is 4. The van der Waals surface area contributed by atoms with Crippen LogP contribution < -0.4 is 10.1 Å². The SMILES string of the molecule is COC(=O)/C=C(/Nc1c(OC(F)(F)F)cc(I)cc1[N+](=O)[O-])C(=O)OC. The van der Waals surface area contributed by atoms with E-state index in [1.165, 1.54) is 0 Å². The number of hydrogen-bond acceptors (Lipinski definition) is 8. The molecule has 0 fully saturated rings. The van der Waals surface area contributed by atoms with E-state index < -0.39 is 46.0 Å². The minimum atomic E-state index is -5.16. The number of methoxy groups -OCH3 is 2. The third kappa shape index (κ3) is 6.05. The number of nitro benzene ring substituents is 1. The van der Waals surface area contributed by atoms with Gasteiger partial charge in [0.2, 0.25) is 0 Å². The summed E-state index contributed by atoms with van der Waals surface area (Å²) in [6.07, 6.45) is -4.60. The lowest BCUT2D eigenvalue weighted by atomic mass is 10.2. The predicted octanol–water partition coefficient (Wildman–Crippen LogP) is 2.74. The maximum Gasteiger partial charge on any atom is 0.573 e. The molecular formula is C13H10F3IN2O7. The van der Waals surface area contributed by atoms with Crippen LogP contribution in [0, 0.1) is 13.7 Å². The minimum Gasteiger partial charge on any atom is -0.466 e. The lowest BCUT2D eigenvalue weighted by Gasteiger charge is -2.16. The smallest absolute Gasteiger partial charge is 0.466 e. The summed E-state index contributed by atoms with van der Waals surface area (Å²) in [7, 11) is 1.92.